The Kier molecular flexibility index (Phi) is 5.63. The van der Waals surface area contributed by atoms with E-state index >= 15 is 0 Å². The van der Waals surface area contributed by atoms with Crippen LogP contribution in [0.15, 0.2) is 28.8 Å². The molecular weight excluding hydrogens is 410 g/mol. The van der Waals surface area contributed by atoms with E-state index in [1.54, 1.807) is 28.8 Å². The fourth-order valence-corrected chi connectivity index (χ4v) is 3.92. The molecule has 0 bridgehead atoms. The number of rotatable bonds is 5. The second-order valence-electron chi connectivity index (χ2n) is 7.17. The highest BCUT2D eigenvalue weighted by Crippen LogP contribution is 2.28. The van der Waals surface area contributed by atoms with Crippen molar-refractivity contribution in [3.8, 4) is 0 Å². The van der Waals surface area contributed by atoms with Crippen LogP contribution in [-0.2, 0) is 16.0 Å². The number of imide groups is 1. The van der Waals surface area contributed by atoms with Crippen molar-refractivity contribution >= 4 is 40.8 Å². The Morgan fingerprint density at radius 2 is 2.13 bits per heavy atom. The van der Waals surface area contributed by atoms with Crippen LogP contribution in [0.4, 0.5) is 10.5 Å². The lowest BCUT2D eigenvalue weighted by Crippen LogP contribution is -2.56. The number of hydrogen-bond acceptors (Lipinski definition) is 6. The van der Waals surface area contributed by atoms with Gasteiger partial charge in [0.25, 0.3) is 5.91 Å². The molecular formula is C20H21ClN5O4+. The Hall–Kier alpha value is -3.07. The molecule has 1 aromatic carbocycles. The highest BCUT2D eigenvalue weighted by atomic mass is 35.5. The van der Waals surface area contributed by atoms with Crippen LogP contribution in [0.1, 0.15) is 43.8 Å². The number of nitrogens with one attached hydrogen (secondary N) is 1. The third-order valence-electron chi connectivity index (χ3n) is 5.21. The summed E-state index contributed by atoms with van der Waals surface area (Å²) in [5.41, 5.74) is 1.08. The van der Waals surface area contributed by atoms with Crippen molar-refractivity contribution in [3.05, 3.63) is 41.0 Å². The first-order valence-electron chi connectivity index (χ1n) is 9.85. The molecule has 0 radical (unpaired) electrons. The van der Waals surface area contributed by atoms with E-state index in [2.05, 4.69) is 15.5 Å². The molecule has 1 aromatic heterocycles. The summed E-state index contributed by atoms with van der Waals surface area (Å²) >= 11 is 6.08. The lowest BCUT2D eigenvalue weighted by Gasteiger charge is -2.28. The summed E-state index contributed by atoms with van der Waals surface area (Å²) in [7, 11) is 0. The van der Waals surface area contributed by atoms with Crippen molar-refractivity contribution in [2.45, 2.75) is 38.5 Å². The molecule has 0 saturated carbocycles. The van der Waals surface area contributed by atoms with E-state index < -0.39 is 30.3 Å². The van der Waals surface area contributed by atoms with E-state index in [-0.39, 0.29) is 5.82 Å². The van der Waals surface area contributed by atoms with Crippen molar-refractivity contribution < 1.29 is 23.5 Å². The lowest BCUT2D eigenvalue weighted by molar-refractivity contribution is -0.446. The van der Waals surface area contributed by atoms with Gasteiger partial charge >= 0.3 is 11.9 Å². The number of para-hydroxylation sites is 1. The van der Waals surface area contributed by atoms with Crippen molar-refractivity contribution in [2.24, 2.45) is 0 Å². The van der Waals surface area contributed by atoms with Crippen LogP contribution >= 0.6 is 11.6 Å². The summed E-state index contributed by atoms with van der Waals surface area (Å²) in [6, 6.07) is 6.25. The summed E-state index contributed by atoms with van der Waals surface area (Å²) in [5.74, 6) is -1.24. The molecule has 2 aliphatic heterocycles. The number of carbonyl (C=O) groups excluding carboxylic acids is 3. The smallest absolute Gasteiger partial charge is 0.339 e. The third-order valence-corrected chi connectivity index (χ3v) is 5.54. The number of urea groups is 1. The number of carbonyl (C=O) groups is 3. The zero-order chi connectivity index (χ0) is 21.3. The Labute approximate surface area is 177 Å². The average molecular weight is 431 g/mol. The first-order valence-corrected chi connectivity index (χ1v) is 10.2. The van der Waals surface area contributed by atoms with Crippen LogP contribution < -0.4 is 5.32 Å². The minimum atomic E-state index is -0.833. The SMILES string of the molecule is CCc1nc(C2C(=O)N(CC(=O)Nc3ccccc3Cl)C(=O)[N+]3=C2CCCC3)no1. The highest BCUT2D eigenvalue weighted by Gasteiger charge is 2.51. The fraction of sp³-hybridized carbons (Fsp3) is 0.400. The predicted octanol–water partition coefficient (Wildman–Crippen LogP) is 2.61. The first kappa shape index (κ1) is 20.2. The molecule has 4 rings (SSSR count). The van der Waals surface area contributed by atoms with Gasteiger partial charge in [0.1, 0.15) is 5.71 Å². The van der Waals surface area contributed by atoms with E-state index in [9.17, 15) is 14.4 Å². The summed E-state index contributed by atoms with van der Waals surface area (Å²) in [5, 5.41) is 6.97. The van der Waals surface area contributed by atoms with Gasteiger partial charge in [-0.15, -0.1) is 4.90 Å². The normalized spacial score (nSPS) is 19.1. The van der Waals surface area contributed by atoms with Gasteiger partial charge in [-0.1, -0.05) is 35.8 Å². The van der Waals surface area contributed by atoms with E-state index in [4.69, 9.17) is 16.1 Å². The maximum Gasteiger partial charge on any atom is 0.501 e. The molecule has 9 nitrogen and oxygen atoms in total. The maximum absolute atomic E-state index is 13.3. The summed E-state index contributed by atoms with van der Waals surface area (Å²) in [6.45, 7) is 1.93. The molecule has 3 heterocycles. The first-order chi connectivity index (χ1) is 14.5. The number of benzene rings is 1. The number of aryl methyl sites for hydroxylation is 1. The molecule has 30 heavy (non-hydrogen) atoms. The Morgan fingerprint density at radius 3 is 2.87 bits per heavy atom. The van der Waals surface area contributed by atoms with Crippen LogP contribution in [0.2, 0.25) is 5.02 Å². The highest BCUT2D eigenvalue weighted by molar-refractivity contribution is 6.33. The van der Waals surface area contributed by atoms with Gasteiger partial charge in [0.05, 0.1) is 17.3 Å². The number of nitrogens with zero attached hydrogens (tertiary/aromatic N) is 4. The zero-order valence-electron chi connectivity index (χ0n) is 16.4. The summed E-state index contributed by atoms with van der Waals surface area (Å²) in [6.07, 6.45) is 2.82. The van der Waals surface area contributed by atoms with Crippen molar-refractivity contribution in [3.63, 3.8) is 0 Å². The van der Waals surface area contributed by atoms with Gasteiger partial charge in [-0.05, 0) is 25.0 Å². The van der Waals surface area contributed by atoms with Crippen LogP contribution in [-0.4, -0.2) is 56.3 Å². The third kappa shape index (κ3) is 3.72. The molecule has 0 spiro atoms. The number of aromatic nitrogens is 2. The van der Waals surface area contributed by atoms with Crippen LogP contribution in [0.25, 0.3) is 0 Å². The number of amides is 4. The number of anilines is 1. The van der Waals surface area contributed by atoms with Crippen LogP contribution in [0.5, 0.6) is 0 Å². The van der Waals surface area contributed by atoms with Crippen LogP contribution in [0, 0.1) is 0 Å². The van der Waals surface area contributed by atoms with Crippen molar-refractivity contribution in [1.82, 2.24) is 15.0 Å². The van der Waals surface area contributed by atoms with E-state index in [1.165, 1.54) is 0 Å². The monoisotopic (exact) mass is 430 g/mol. The molecule has 156 valence electrons. The molecule has 1 atom stereocenters. The van der Waals surface area contributed by atoms with Gasteiger partial charge in [-0.25, -0.2) is 4.79 Å². The van der Waals surface area contributed by atoms with Gasteiger partial charge in [-0.2, -0.15) is 14.4 Å². The largest absolute Gasteiger partial charge is 0.501 e. The Morgan fingerprint density at radius 1 is 1.33 bits per heavy atom. The predicted molar refractivity (Wildman–Crippen MR) is 108 cm³/mol. The van der Waals surface area contributed by atoms with Gasteiger partial charge in [0.15, 0.2) is 18.3 Å². The molecule has 1 unspecified atom stereocenters. The maximum atomic E-state index is 13.3. The molecule has 1 N–H and O–H groups in total. The fourth-order valence-electron chi connectivity index (χ4n) is 3.74. The van der Waals surface area contributed by atoms with Crippen molar-refractivity contribution in [1.29, 1.82) is 0 Å². The van der Waals surface area contributed by atoms with Gasteiger partial charge in [0, 0.05) is 12.8 Å². The van der Waals surface area contributed by atoms with Gasteiger partial charge < -0.3 is 9.84 Å². The molecule has 0 saturated heterocycles. The Balaban J connectivity index is 1.63. The lowest BCUT2D eigenvalue weighted by atomic mass is 9.91. The second kappa shape index (κ2) is 8.35. The second-order valence-corrected chi connectivity index (χ2v) is 7.58. The molecule has 4 amide bonds. The molecule has 0 aliphatic carbocycles. The molecule has 0 fully saturated rings. The average Bonchev–Trinajstić information content (AvgIpc) is 3.22. The topological polar surface area (TPSA) is 108 Å². The minimum absolute atomic E-state index is 0.225. The standard InChI is InChI=1S/C20H20ClN5O4/c1-2-16-23-18(24-30-16)17-14-9-5-6-10-25(14)20(29)26(19(17)28)11-15(27)22-13-8-4-3-7-12(13)21/h3-4,7-8,17H,2,5-6,9-11H2,1H3/p+1. The van der Waals surface area contributed by atoms with E-state index in [0.717, 1.165) is 17.7 Å². The molecule has 2 aromatic rings. The van der Waals surface area contributed by atoms with Gasteiger partial charge in [0.2, 0.25) is 5.89 Å². The summed E-state index contributed by atoms with van der Waals surface area (Å²) < 4.78 is 6.76. The number of hydrogen-bond donors (Lipinski definition) is 1. The Bertz CT molecular complexity index is 1050. The summed E-state index contributed by atoms with van der Waals surface area (Å²) in [4.78, 5) is 44.1. The van der Waals surface area contributed by atoms with Crippen molar-refractivity contribution in [2.75, 3.05) is 18.4 Å². The number of halogens is 1. The zero-order valence-corrected chi connectivity index (χ0v) is 17.2. The van der Waals surface area contributed by atoms with Gasteiger partial charge in [-0.3, -0.25) is 4.79 Å². The molecule has 10 heteroatoms. The van der Waals surface area contributed by atoms with E-state index in [1.807, 2.05) is 6.92 Å². The van der Waals surface area contributed by atoms with Crippen LogP contribution in [0.3, 0.4) is 0 Å². The quantitative estimate of drug-likeness (QED) is 0.730. The van der Waals surface area contributed by atoms with E-state index in [0.29, 0.717) is 41.7 Å². The molecule has 2 aliphatic rings. The minimum Gasteiger partial charge on any atom is -0.339 e.